The maximum atomic E-state index is 11.9. The van der Waals surface area contributed by atoms with Gasteiger partial charge >= 0.3 is 0 Å². The molecule has 0 saturated carbocycles. The number of halogens is 2. The van der Waals surface area contributed by atoms with Crippen molar-refractivity contribution >= 4 is 45.8 Å². The maximum Gasteiger partial charge on any atom is 0.267 e. The van der Waals surface area contributed by atoms with Gasteiger partial charge in [-0.15, -0.1) is 11.6 Å². The van der Waals surface area contributed by atoms with E-state index in [1.165, 1.54) is 6.20 Å². The molecule has 0 aliphatic heterocycles. The number of nitrogens with zero attached hydrogens (tertiary/aromatic N) is 1. The highest BCUT2D eigenvalue weighted by atomic mass is 127. The second kappa shape index (κ2) is 8.02. The van der Waals surface area contributed by atoms with Crippen LogP contribution in [-0.2, 0) is 4.79 Å². The van der Waals surface area contributed by atoms with Gasteiger partial charge in [-0.25, -0.2) is 0 Å². The van der Waals surface area contributed by atoms with Gasteiger partial charge in [0, 0.05) is 27.9 Å². The molecule has 19 heavy (non-hydrogen) atoms. The summed E-state index contributed by atoms with van der Waals surface area (Å²) < 4.78 is 1.09. The number of alkyl halides is 1. The Morgan fingerprint density at radius 1 is 1.58 bits per heavy atom. The Kier molecular flexibility index (Phi) is 6.67. The molecule has 6 heteroatoms. The molecule has 4 nitrogen and oxygen atoms in total. The summed E-state index contributed by atoms with van der Waals surface area (Å²) in [7, 11) is 0. The molecule has 0 radical (unpaired) electrons. The first-order valence-corrected chi connectivity index (χ1v) is 7.17. The fourth-order valence-corrected chi connectivity index (χ4v) is 2.09. The molecule has 0 aromatic heterocycles. The number of nitriles is 1. The molecule has 0 spiro atoms. The minimum Gasteiger partial charge on any atom is -0.388 e. The molecule has 0 bridgehead atoms. The van der Waals surface area contributed by atoms with Crippen molar-refractivity contribution in [1.29, 1.82) is 5.26 Å². The Balaban J connectivity index is 2.77. The highest BCUT2D eigenvalue weighted by Crippen LogP contribution is 2.18. The predicted octanol–water partition coefficient (Wildman–Crippen LogP) is 2.77. The van der Waals surface area contributed by atoms with Gasteiger partial charge in [0.2, 0.25) is 0 Å². The van der Waals surface area contributed by atoms with Crippen LogP contribution >= 0.6 is 34.2 Å². The van der Waals surface area contributed by atoms with Crippen molar-refractivity contribution in [3.63, 3.8) is 0 Å². The van der Waals surface area contributed by atoms with Crippen LogP contribution in [0.2, 0.25) is 0 Å². The highest BCUT2D eigenvalue weighted by molar-refractivity contribution is 14.1. The molecule has 0 saturated heterocycles. The number of aryl methyl sites for hydroxylation is 1. The first-order valence-electron chi connectivity index (χ1n) is 5.55. The van der Waals surface area contributed by atoms with Gasteiger partial charge in [-0.1, -0.05) is 0 Å². The highest BCUT2D eigenvalue weighted by Gasteiger charge is 2.10. The third-order valence-electron chi connectivity index (χ3n) is 2.29. The van der Waals surface area contributed by atoms with E-state index in [1.807, 2.05) is 31.2 Å². The third-order valence-corrected chi connectivity index (χ3v) is 3.15. The topological polar surface area (TPSA) is 64.9 Å². The first-order chi connectivity index (χ1) is 9.08. The summed E-state index contributed by atoms with van der Waals surface area (Å²) >= 11 is 7.70. The van der Waals surface area contributed by atoms with E-state index < -0.39 is 5.91 Å². The lowest BCUT2D eigenvalue weighted by atomic mass is 10.2. The van der Waals surface area contributed by atoms with Crippen molar-refractivity contribution in [2.24, 2.45) is 0 Å². The Bertz CT molecular complexity index is 537. The van der Waals surface area contributed by atoms with Crippen LogP contribution in [0.15, 0.2) is 30.0 Å². The van der Waals surface area contributed by atoms with Crippen LogP contribution in [0.4, 0.5) is 5.69 Å². The molecule has 100 valence electrons. The number of hydrogen-bond donors (Lipinski definition) is 2. The van der Waals surface area contributed by atoms with Gasteiger partial charge in [0.05, 0.1) is 0 Å². The number of anilines is 1. The molecule has 1 aromatic carbocycles. The van der Waals surface area contributed by atoms with Crippen LogP contribution in [0.1, 0.15) is 5.56 Å². The van der Waals surface area contributed by atoms with E-state index in [4.69, 9.17) is 16.9 Å². The monoisotopic (exact) mass is 389 g/mol. The minimum atomic E-state index is -0.436. The van der Waals surface area contributed by atoms with Gasteiger partial charge < -0.3 is 10.6 Å². The summed E-state index contributed by atoms with van der Waals surface area (Å²) in [5, 5.41) is 14.4. The summed E-state index contributed by atoms with van der Waals surface area (Å²) in [6.45, 7) is 2.40. The van der Waals surface area contributed by atoms with Gasteiger partial charge in [0.1, 0.15) is 11.6 Å². The molecular formula is C13H13ClIN3O. The van der Waals surface area contributed by atoms with Gasteiger partial charge in [0.25, 0.3) is 5.91 Å². The molecule has 0 aliphatic carbocycles. The van der Waals surface area contributed by atoms with Crippen LogP contribution in [0, 0.1) is 21.8 Å². The summed E-state index contributed by atoms with van der Waals surface area (Å²) in [4.78, 5) is 11.9. The number of carbonyl (C=O) groups excluding carboxylic acids is 1. The smallest absolute Gasteiger partial charge is 0.267 e. The molecule has 0 unspecified atom stereocenters. The predicted molar refractivity (Wildman–Crippen MR) is 84.9 cm³/mol. The average Bonchev–Trinajstić information content (AvgIpc) is 2.38. The summed E-state index contributed by atoms with van der Waals surface area (Å²) in [5.41, 5.74) is 1.67. The lowest BCUT2D eigenvalue weighted by molar-refractivity contribution is -0.112. The molecule has 0 aliphatic rings. The van der Waals surface area contributed by atoms with Crippen LogP contribution in [0.5, 0.6) is 0 Å². The van der Waals surface area contributed by atoms with Crippen LogP contribution in [0.3, 0.4) is 0 Å². The van der Waals surface area contributed by atoms with E-state index in [9.17, 15) is 4.79 Å². The summed E-state index contributed by atoms with van der Waals surface area (Å²) in [5.74, 6) is -0.0264. The van der Waals surface area contributed by atoms with Crippen LogP contribution < -0.4 is 10.6 Å². The van der Waals surface area contributed by atoms with E-state index in [0.717, 1.165) is 9.13 Å². The van der Waals surface area contributed by atoms with E-state index in [0.29, 0.717) is 18.1 Å². The van der Waals surface area contributed by atoms with Crippen molar-refractivity contribution < 1.29 is 4.79 Å². The van der Waals surface area contributed by atoms with E-state index in [2.05, 4.69) is 33.2 Å². The van der Waals surface area contributed by atoms with Gasteiger partial charge in [0.15, 0.2) is 0 Å². The number of benzene rings is 1. The van der Waals surface area contributed by atoms with Gasteiger partial charge in [-0.2, -0.15) is 5.26 Å². The SMILES string of the molecule is Cc1cc(I)ccc1NC(=O)/C(C#N)=C\NCCCl. The molecule has 1 aromatic rings. The standard InChI is InChI=1S/C13H13ClIN3O/c1-9-6-11(15)2-3-12(9)18-13(19)10(7-16)8-17-5-4-14/h2-3,6,8,17H,4-5H2,1H3,(H,18,19)/b10-8-. The Labute approximate surface area is 131 Å². The fourth-order valence-electron chi connectivity index (χ4n) is 1.33. The van der Waals surface area contributed by atoms with Crippen molar-refractivity contribution in [3.8, 4) is 6.07 Å². The molecule has 1 rings (SSSR count). The second-order valence-electron chi connectivity index (χ2n) is 3.73. The van der Waals surface area contributed by atoms with Crippen molar-refractivity contribution in [2.75, 3.05) is 17.7 Å². The van der Waals surface area contributed by atoms with Gasteiger partial charge in [-0.05, 0) is 53.3 Å². The molecule has 0 heterocycles. The fraction of sp³-hybridized carbons (Fsp3) is 0.231. The zero-order valence-corrected chi connectivity index (χ0v) is 13.2. The maximum absolute atomic E-state index is 11.9. The van der Waals surface area contributed by atoms with Crippen molar-refractivity contribution in [3.05, 3.63) is 39.1 Å². The Morgan fingerprint density at radius 2 is 2.32 bits per heavy atom. The van der Waals surface area contributed by atoms with E-state index in [-0.39, 0.29) is 5.57 Å². The molecule has 0 fully saturated rings. The van der Waals surface area contributed by atoms with E-state index in [1.54, 1.807) is 0 Å². The lowest BCUT2D eigenvalue weighted by Crippen LogP contribution is -2.18. The Hall–Kier alpha value is -1.26. The van der Waals surface area contributed by atoms with Crippen molar-refractivity contribution in [2.45, 2.75) is 6.92 Å². The normalized spacial score (nSPS) is 10.7. The number of hydrogen-bond acceptors (Lipinski definition) is 3. The summed E-state index contributed by atoms with van der Waals surface area (Å²) in [6.07, 6.45) is 1.37. The first kappa shape index (κ1) is 15.8. The zero-order valence-electron chi connectivity index (χ0n) is 10.3. The molecule has 1 amide bonds. The molecular weight excluding hydrogens is 377 g/mol. The lowest BCUT2D eigenvalue weighted by Gasteiger charge is -2.08. The number of amides is 1. The quantitative estimate of drug-likeness (QED) is 0.268. The second-order valence-corrected chi connectivity index (χ2v) is 5.35. The molecule has 0 atom stereocenters. The van der Waals surface area contributed by atoms with Crippen LogP contribution in [-0.4, -0.2) is 18.3 Å². The van der Waals surface area contributed by atoms with Crippen LogP contribution in [0.25, 0.3) is 0 Å². The third kappa shape index (κ3) is 5.09. The number of nitrogens with one attached hydrogen (secondary N) is 2. The summed E-state index contributed by atoms with van der Waals surface area (Å²) in [6, 6.07) is 7.52. The Morgan fingerprint density at radius 3 is 2.89 bits per heavy atom. The minimum absolute atomic E-state index is 0.0167. The average molecular weight is 390 g/mol. The van der Waals surface area contributed by atoms with Crippen molar-refractivity contribution in [1.82, 2.24) is 5.32 Å². The number of carbonyl (C=O) groups is 1. The molecule has 2 N–H and O–H groups in total. The number of rotatable bonds is 5. The van der Waals surface area contributed by atoms with E-state index >= 15 is 0 Å². The largest absolute Gasteiger partial charge is 0.388 e. The van der Waals surface area contributed by atoms with Gasteiger partial charge in [-0.3, -0.25) is 4.79 Å². The zero-order chi connectivity index (χ0) is 14.3.